The van der Waals surface area contributed by atoms with Crippen LogP contribution in [0.3, 0.4) is 0 Å². The number of nitrogens with one attached hydrogen (secondary N) is 1. The monoisotopic (exact) mass is 261 g/mol. The molecule has 0 aliphatic heterocycles. The predicted molar refractivity (Wildman–Crippen MR) is 63.2 cm³/mol. The molecule has 1 aromatic heterocycles. The van der Waals surface area contributed by atoms with Gasteiger partial charge in [-0.25, -0.2) is 0 Å². The smallest absolute Gasteiger partial charge is 0.0701 e. The standard InChI is InChI=1S/C10H16BrNS/c1-7(2)8(3)12-6-9-4-5-10(11)13-9/h4-5,7-8,12H,6H2,1-3H3/t8-/m1/s1. The topological polar surface area (TPSA) is 12.0 Å². The Morgan fingerprint density at radius 2 is 2.08 bits per heavy atom. The molecule has 0 aliphatic carbocycles. The molecule has 0 saturated heterocycles. The van der Waals surface area contributed by atoms with Crippen molar-refractivity contribution in [2.45, 2.75) is 33.4 Å². The Hall–Kier alpha value is 0.140. The number of halogens is 1. The molecule has 1 heterocycles. The summed E-state index contributed by atoms with van der Waals surface area (Å²) in [7, 11) is 0. The highest BCUT2D eigenvalue weighted by atomic mass is 79.9. The minimum Gasteiger partial charge on any atom is -0.309 e. The van der Waals surface area contributed by atoms with Crippen LogP contribution >= 0.6 is 27.3 Å². The zero-order valence-corrected chi connectivity index (χ0v) is 10.7. The van der Waals surface area contributed by atoms with Crippen LogP contribution in [-0.4, -0.2) is 6.04 Å². The summed E-state index contributed by atoms with van der Waals surface area (Å²) < 4.78 is 1.21. The van der Waals surface area contributed by atoms with Gasteiger partial charge in [0.15, 0.2) is 0 Å². The van der Waals surface area contributed by atoms with Gasteiger partial charge in [0.25, 0.3) is 0 Å². The number of thiophene rings is 1. The number of rotatable bonds is 4. The summed E-state index contributed by atoms with van der Waals surface area (Å²) in [5, 5.41) is 3.50. The fourth-order valence-electron chi connectivity index (χ4n) is 0.944. The van der Waals surface area contributed by atoms with Crippen LogP contribution in [0.5, 0.6) is 0 Å². The van der Waals surface area contributed by atoms with E-state index < -0.39 is 0 Å². The lowest BCUT2D eigenvalue weighted by molar-refractivity contribution is 0.428. The fraction of sp³-hybridized carbons (Fsp3) is 0.600. The second kappa shape index (κ2) is 5.13. The first-order valence-corrected chi connectivity index (χ1v) is 6.18. The third kappa shape index (κ3) is 3.79. The van der Waals surface area contributed by atoms with Crippen LogP contribution in [0.2, 0.25) is 0 Å². The van der Waals surface area contributed by atoms with E-state index in [0.29, 0.717) is 12.0 Å². The van der Waals surface area contributed by atoms with Gasteiger partial charge in [-0.3, -0.25) is 0 Å². The van der Waals surface area contributed by atoms with Crippen LogP contribution < -0.4 is 5.32 Å². The van der Waals surface area contributed by atoms with Crippen LogP contribution in [-0.2, 0) is 6.54 Å². The Morgan fingerprint density at radius 1 is 1.38 bits per heavy atom. The lowest BCUT2D eigenvalue weighted by atomic mass is 10.1. The molecule has 1 nitrogen and oxygen atoms in total. The van der Waals surface area contributed by atoms with Crippen LogP contribution in [0.1, 0.15) is 25.6 Å². The Labute approximate surface area is 92.7 Å². The molecule has 0 unspecified atom stereocenters. The van der Waals surface area contributed by atoms with Gasteiger partial charge in [0, 0.05) is 17.5 Å². The van der Waals surface area contributed by atoms with E-state index in [4.69, 9.17) is 0 Å². The predicted octanol–water partition coefficient (Wildman–Crippen LogP) is 3.64. The second-order valence-corrected chi connectivity index (χ2v) is 6.17. The number of hydrogen-bond donors (Lipinski definition) is 1. The van der Waals surface area contributed by atoms with Crippen molar-refractivity contribution in [2.24, 2.45) is 5.92 Å². The average Bonchev–Trinajstić information content (AvgIpc) is 2.47. The largest absolute Gasteiger partial charge is 0.309 e. The molecule has 0 fully saturated rings. The van der Waals surface area contributed by atoms with Crippen LogP contribution in [0.15, 0.2) is 15.9 Å². The molecular formula is C10H16BrNS. The number of hydrogen-bond acceptors (Lipinski definition) is 2. The summed E-state index contributed by atoms with van der Waals surface area (Å²) in [5.41, 5.74) is 0. The highest BCUT2D eigenvalue weighted by molar-refractivity contribution is 9.11. The summed E-state index contributed by atoms with van der Waals surface area (Å²) in [4.78, 5) is 1.39. The molecule has 13 heavy (non-hydrogen) atoms. The lowest BCUT2D eigenvalue weighted by Gasteiger charge is -2.16. The summed E-state index contributed by atoms with van der Waals surface area (Å²) in [6.45, 7) is 7.69. The molecule has 74 valence electrons. The molecule has 1 rings (SSSR count). The molecule has 0 radical (unpaired) electrons. The van der Waals surface area contributed by atoms with Crippen molar-refractivity contribution in [3.8, 4) is 0 Å². The van der Waals surface area contributed by atoms with E-state index in [9.17, 15) is 0 Å². The minimum absolute atomic E-state index is 0.584. The van der Waals surface area contributed by atoms with Crippen molar-refractivity contribution in [3.63, 3.8) is 0 Å². The van der Waals surface area contributed by atoms with E-state index in [1.54, 1.807) is 11.3 Å². The van der Waals surface area contributed by atoms with Gasteiger partial charge >= 0.3 is 0 Å². The van der Waals surface area contributed by atoms with Crippen molar-refractivity contribution in [2.75, 3.05) is 0 Å². The first kappa shape index (κ1) is 11.2. The van der Waals surface area contributed by atoms with E-state index in [2.05, 4.69) is 54.2 Å². The maximum atomic E-state index is 3.50. The van der Waals surface area contributed by atoms with Crippen molar-refractivity contribution in [1.29, 1.82) is 0 Å². The molecule has 0 spiro atoms. The van der Waals surface area contributed by atoms with Crippen molar-refractivity contribution in [1.82, 2.24) is 5.32 Å². The maximum absolute atomic E-state index is 3.50. The summed E-state index contributed by atoms with van der Waals surface area (Å²) >= 11 is 5.25. The minimum atomic E-state index is 0.584. The molecule has 1 N–H and O–H groups in total. The zero-order valence-electron chi connectivity index (χ0n) is 8.30. The highest BCUT2D eigenvalue weighted by Gasteiger charge is 2.06. The van der Waals surface area contributed by atoms with Gasteiger partial charge in [0.1, 0.15) is 0 Å². The summed E-state index contributed by atoms with van der Waals surface area (Å²) in [6.07, 6.45) is 0. The summed E-state index contributed by atoms with van der Waals surface area (Å²) in [5.74, 6) is 0.698. The molecule has 0 aromatic carbocycles. The summed E-state index contributed by atoms with van der Waals surface area (Å²) in [6, 6.07) is 4.84. The van der Waals surface area contributed by atoms with Gasteiger partial charge in [-0.15, -0.1) is 11.3 Å². The third-order valence-corrected chi connectivity index (χ3v) is 3.85. The molecule has 0 saturated carbocycles. The van der Waals surface area contributed by atoms with Crippen molar-refractivity contribution < 1.29 is 0 Å². The first-order chi connectivity index (χ1) is 6.09. The normalized spacial score (nSPS) is 13.6. The van der Waals surface area contributed by atoms with E-state index in [1.807, 2.05) is 0 Å². The molecule has 0 bridgehead atoms. The van der Waals surface area contributed by atoms with E-state index in [1.165, 1.54) is 8.66 Å². The average molecular weight is 262 g/mol. The van der Waals surface area contributed by atoms with E-state index >= 15 is 0 Å². The molecule has 3 heteroatoms. The Bertz CT molecular complexity index is 257. The fourth-order valence-corrected chi connectivity index (χ4v) is 2.38. The Balaban J connectivity index is 2.35. The van der Waals surface area contributed by atoms with Gasteiger partial charge in [0.05, 0.1) is 3.79 Å². The lowest BCUT2D eigenvalue weighted by Crippen LogP contribution is -2.29. The second-order valence-electron chi connectivity index (χ2n) is 3.62. The van der Waals surface area contributed by atoms with Gasteiger partial charge in [-0.05, 0) is 40.9 Å². The molecule has 1 atom stereocenters. The third-order valence-electron chi connectivity index (χ3n) is 2.23. The molecule has 0 amide bonds. The van der Waals surface area contributed by atoms with Gasteiger partial charge < -0.3 is 5.32 Å². The molecule has 0 aliphatic rings. The Morgan fingerprint density at radius 3 is 2.54 bits per heavy atom. The van der Waals surface area contributed by atoms with Crippen LogP contribution in [0.4, 0.5) is 0 Å². The van der Waals surface area contributed by atoms with Gasteiger partial charge in [0.2, 0.25) is 0 Å². The molecule has 1 aromatic rings. The van der Waals surface area contributed by atoms with Crippen molar-refractivity contribution >= 4 is 27.3 Å². The first-order valence-electron chi connectivity index (χ1n) is 4.57. The molecular weight excluding hydrogens is 246 g/mol. The zero-order chi connectivity index (χ0) is 9.84. The van der Waals surface area contributed by atoms with E-state index in [0.717, 1.165) is 6.54 Å². The maximum Gasteiger partial charge on any atom is 0.0701 e. The quantitative estimate of drug-likeness (QED) is 0.873. The van der Waals surface area contributed by atoms with Crippen LogP contribution in [0.25, 0.3) is 0 Å². The van der Waals surface area contributed by atoms with Gasteiger partial charge in [-0.1, -0.05) is 13.8 Å². The highest BCUT2D eigenvalue weighted by Crippen LogP contribution is 2.21. The SMILES string of the molecule is CC(C)[C@@H](C)NCc1ccc(Br)s1. The van der Waals surface area contributed by atoms with Crippen molar-refractivity contribution in [3.05, 3.63) is 20.8 Å². The Kier molecular flexibility index (Phi) is 4.42. The van der Waals surface area contributed by atoms with E-state index in [-0.39, 0.29) is 0 Å². The van der Waals surface area contributed by atoms with Gasteiger partial charge in [-0.2, -0.15) is 0 Å². The van der Waals surface area contributed by atoms with Crippen LogP contribution in [0, 0.1) is 5.92 Å².